The Morgan fingerprint density at radius 3 is 2.24 bits per heavy atom. The fourth-order valence-corrected chi connectivity index (χ4v) is 2.56. The molecule has 0 aromatic heterocycles. The van der Waals surface area contributed by atoms with Gasteiger partial charge in [0.15, 0.2) is 0 Å². The van der Waals surface area contributed by atoms with Gasteiger partial charge in [-0.25, -0.2) is 0 Å². The van der Waals surface area contributed by atoms with Crippen LogP contribution in [0.1, 0.15) is 42.1 Å². The molecule has 4 nitrogen and oxygen atoms in total. The van der Waals surface area contributed by atoms with Gasteiger partial charge in [0, 0.05) is 13.1 Å². The van der Waals surface area contributed by atoms with Gasteiger partial charge in [0.05, 0.1) is 0 Å². The molecule has 21 heavy (non-hydrogen) atoms. The summed E-state index contributed by atoms with van der Waals surface area (Å²) >= 11 is 0. The molecule has 1 unspecified atom stereocenters. The van der Waals surface area contributed by atoms with E-state index in [2.05, 4.69) is 50.0 Å². The molecule has 1 aromatic rings. The second kappa shape index (κ2) is 8.15. The molecule has 0 spiro atoms. The Kier molecular flexibility index (Phi) is 6.85. The zero-order valence-electron chi connectivity index (χ0n) is 14.0. The average Bonchev–Trinajstić information content (AvgIpc) is 2.43. The van der Waals surface area contributed by atoms with Crippen LogP contribution < -0.4 is 11.1 Å². The highest BCUT2D eigenvalue weighted by atomic mass is 16.1. The molecule has 0 aliphatic rings. The second-order valence-corrected chi connectivity index (χ2v) is 5.61. The van der Waals surface area contributed by atoms with Crippen LogP contribution in [0.2, 0.25) is 0 Å². The molecule has 1 aromatic carbocycles. The molecule has 0 bridgehead atoms. The summed E-state index contributed by atoms with van der Waals surface area (Å²) in [5, 5.41) is 3.31. The molecule has 1 amide bonds. The van der Waals surface area contributed by atoms with Gasteiger partial charge >= 0.3 is 0 Å². The predicted molar refractivity (Wildman–Crippen MR) is 88.4 cm³/mol. The molecular formula is C17H29N3O. The minimum Gasteiger partial charge on any atom is -0.368 e. The van der Waals surface area contributed by atoms with Crippen molar-refractivity contribution in [1.29, 1.82) is 0 Å². The molecule has 0 aliphatic heterocycles. The fraction of sp³-hybridized carbons (Fsp3) is 0.588. The lowest BCUT2D eigenvalue weighted by molar-refractivity contribution is -0.120. The number of likely N-dealkylation sites (N-methyl/N-ethyl adjacent to an activating group) is 1. The smallest absolute Gasteiger partial charge is 0.239 e. The predicted octanol–water partition coefficient (Wildman–Crippen LogP) is 2.07. The summed E-state index contributed by atoms with van der Waals surface area (Å²) in [6.45, 7) is 14.2. The highest BCUT2D eigenvalue weighted by molar-refractivity contribution is 5.82. The number of nitrogens with one attached hydrogen (secondary N) is 1. The van der Waals surface area contributed by atoms with E-state index in [0.717, 1.165) is 37.3 Å². The zero-order chi connectivity index (χ0) is 16.0. The molecular weight excluding hydrogens is 262 g/mol. The molecule has 1 rings (SSSR count). The van der Waals surface area contributed by atoms with E-state index in [-0.39, 0.29) is 5.91 Å². The number of hydrogen-bond donors (Lipinski definition) is 2. The van der Waals surface area contributed by atoms with E-state index in [9.17, 15) is 4.79 Å². The summed E-state index contributed by atoms with van der Waals surface area (Å²) in [5.41, 5.74) is 10.1. The summed E-state index contributed by atoms with van der Waals surface area (Å²) in [4.78, 5) is 14.1. The largest absolute Gasteiger partial charge is 0.368 e. The number of nitrogens with zero attached hydrogens (tertiary/aromatic N) is 1. The van der Waals surface area contributed by atoms with Crippen LogP contribution in [-0.2, 0) is 4.79 Å². The Bertz CT molecular complexity index is 481. The standard InChI is InChI=1S/C17H29N3O/c1-6-20(7-2)9-8-19-16(17(18)21)15-11-13(4)12(3)10-14(15)5/h10-11,16,19H,6-9H2,1-5H3,(H2,18,21). The fourth-order valence-electron chi connectivity index (χ4n) is 2.56. The number of carbonyl (C=O) groups excluding carboxylic acids is 1. The molecule has 0 fully saturated rings. The number of rotatable bonds is 8. The van der Waals surface area contributed by atoms with Gasteiger partial charge in [-0.3, -0.25) is 4.79 Å². The first kappa shape index (κ1) is 17.7. The van der Waals surface area contributed by atoms with Crippen LogP contribution in [-0.4, -0.2) is 37.0 Å². The number of primary amides is 1. The van der Waals surface area contributed by atoms with E-state index in [0.29, 0.717) is 0 Å². The van der Waals surface area contributed by atoms with Crippen molar-refractivity contribution >= 4 is 5.91 Å². The second-order valence-electron chi connectivity index (χ2n) is 5.61. The highest BCUT2D eigenvalue weighted by Gasteiger charge is 2.19. The minimum absolute atomic E-state index is 0.319. The Hall–Kier alpha value is -1.39. The molecule has 0 saturated carbocycles. The van der Waals surface area contributed by atoms with Crippen LogP contribution in [0.15, 0.2) is 12.1 Å². The lowest BCUT2D eigenvalue weighted by atomic mass is 9.95. The molecule has 118 valence electrons. The van der Waals surface area contributed by atoms with Gasteiger partial charge in [0.2, 0.25) is 5.91 Å². The monoisotopic (exact) mass is 291 g/mol. The van der Waals surface area contributed by atoms with Gasteiger partial charge in [0.25, 0.3) is 0 Å². The molecule has 0 radical (unpaired) electrons. The van der Waals surface area contributed by atoms with Gasteiger partial charge in [-0.05, 0) is 56.1 Å². The topological polar surface area (TPSA) is 58.4 Å². The average molecular weight is 291 g/mol. The van der Waals surface area contributed by atoms with Gasteiger partial charge in [0.1, 0.15) is 6.04 Å². The summed E-state index contributed by atoms with van der Waals surface area (Å²) in [7, 11) is 0. The maximum absolute atomic E-state index is 11.8. The Morgan fingerprint density at radius 2 is 1.71 bits per heavy atom. The van der Waals surface area contributed by atoms with Crippen LogP contribution in [0.3, 0.4) is 0 Å². The summed E-state index contributed by atoms with van der Waals surface area (Å²) in [6, 6.07) is 3.77. The van der Waals surface area contributed by atoms with Crippen LogP contribution in [0, 0.1) is 20.8 Å². The Labute approximate surface area is 128 Å². The molecule has 4 heteroatoms. The summed E-state index contributed by atoms with van der Waals surface area (Å²) in [6.07, 6.45) is 0. The Balaban J connectivity index is 2.83. The third-order valence-electron chi connectivity index (χ3n) is 4.15. The quantitative estimate of drug-likeness (QED) is 0.771. The van der Waals surface area contributed by atoms with Gasteiger partial charge in [-0.1, -0.05) is 26.0 Å². The third-order valence-corrected chi connectivity index (χ3v) is 4.15. The van der Waals surface area contributed by atoms with Crippen LogP contribution in [0.5, 0.6) is 0 Å². The maximum Gasteiger partial charge on any atom is 0.239 e. The molecule has 1 atom stereocenters. The maximum atomic E-state index is 11.8. The van der Waals surface area contributed by atoms with Crippen molar-refractivity contribution in [3.8, 4) is 0 Å². The number of carbonyl (C=O) groups is 1. The van der Waals surface area contributed by atoms with Crippen molar-refractivity contribution in [3.05, 3.63) is 34.4 Å². The summed E-state index contributed by atoms with van der Waals surface area (Å²) < 4.78 is 0. The van der Waals surface area contributed by atoms with Gasteiger partial charge in [-0.2, -0.15) is 0 Å². The highest BCUT2D eigenvalue weighted by Crippen LogP contribution is 2.21. The van der Waals surface area contributed by atoms with Crippen LogP contribution in [0.4, 0.5) is 0 Å². The number of hydrogen-bond acceptors (Lipinski definition) is 3. The minimum atomic E-state index is -0.417. The Morgan fingerprint density at radius 1 is 1.14 bits per heavy atom. The SMILES string of the molecule is CCN(CC)CCNC(C(N)=O)c1cc(C)c(C)cc1C. The third kappa shape index (κ3) is 4.83. The van der Waals surface area contributed by atoms with Crippen molar-refractivity contribution in [2.75, 3.05) is 26.2 Å². The van der Waals surface area contributed by atoms with Crippen molar-refractivity contribution in [2.45, 2.75) is 40.7 Å². The van der Waals surface area contributed by atoms with E-state index in [4.69, 9.17) is 5.73 Å². The van der Waals surface area contributed by atoms with Crippen molar-refractivity contribution < 1.29 is 4.79 Å². The lowest BCUT2D eigenvalue weighted by Gasteiger charge is -2.22. The van der Waals surface area contributed by atoms with E-state index in [1.807, 2.05) is 6.92 Å². The lowest BCUT2D eigenvalue weighted by Crippen LogP contribution is -2.39. The van der Waals surface area contributed by atoms with Crippen LogP contribution in [0.25, 0.3) is 0 Å². The van der Waals surface area contributed by atoms with Crippen LogP contribution >= 0.6 is 0 Å². The van der Waals surface area contributed by atoms with Crippen molar-refractivity contribution in [2.24, 2.45) is 5.73 Å². The van der Waals surface area contributed by atoms with E-state index in [1.54, 1.807) is 0 Å². The van der Waals surface area contributed by atoms with Gasteiger partial charge < -0.3 is 16.0 Å². The van der Waals surface area contributed by atoms with Crippen molar-refractivity contribution in [1.82, 2.24) is 10.2 Å². The zero-order valence-corrected chi connectivity index (χ0v) is 14.0. The first-order valence-corrected chi connectivity index (χ1v) is 7.73. The van der Waals surface area contributed by atoms with E-state index in [1.165, 1.54) is 11.1 Å². The van der Waals surface area contributed by atoms with Crippen molar-refractivity contribution in [3.63, 3.8) is 0 Å². The van der Waals surface area contributed by atoms with Gasteiger partial charge in [-0.15, -0.1) is 0 Å². The number of aryl methyl sites for hydroxylation is 3. The van der Waals surface area contributed by atoms with E-state index >= 15 is 0 Å². The van der Waals surface area contributed by atoms with E-state index < -0.39 is 6.04 Å². The number of nitrogens with two attached hydrogens (primary N) is 1. The number of amides is 1. The first-order valence-electron chi connectivity index (χ1n) is 7.73. The normalized spacial score (nSPS) is 12.7. The molecule has 0 heterocycles. The first-order chi connectivity index (χ1) is 9.90. The molecule has 3 N–H and O–H groups in total. The molecule has 0 aliphatic carbocycles. The summed E-state index contributed by atoms with van der Waals surface area (Å²) in [5.74, 6) is -0.319. The molecule has 0 saturated heterocycles. The number of benzene rings is 1.